The molecule has 0 N–H and O–H groups in total. The molecule has 0 aromatic heterocycles. The molecule has 1 unspecified atom stereocenters. The summed E-state index contributed by atoms with van der Waals surface area (Å²) in [6, 6.07) is 9.78. The van der Waals surface area contributed by atoms with Gasteiger partial charge in [-0.05, 0) is 31.6 Å². The Hall–Kier alpha value is -0.163. The van der Waals surface area contributed by atoms with Crippen LogP contribution in [0.25, 0.3) is 0 Å². The Kier molecular flexibility index (Phi) is 5.59. The Morgan fingerprint density at radius 1 is 1.14 bits per heavy atom. The zero-order chi connectivity index (χ0) is 9.90. The molecule has 0 saturated carbocycles. The summed E-state index contributed by atoms with van der Waals surface area (Å²) in [5, 5.41) is 0. The van der Waals surface area contributed by atoms with Crippen LogP contribution in [0.2, 0.25) is 0 Å². The zero-order valence-electron chi connectivity index (χ0n) is 9.28. The van der Waals surface area contributed by atoms with Gasteiger partial charge in [0, 0.05) is 4.75 Å². The molecular weight excluding hydrogens is 187 g/mol. The predicted molar refractivity (Wildman–Crippen MR) is 57.7 cm³/mol. The van der Waals surface area contributed by atoms with Crippen molar-refractivity contribution in [2.24, 2.45) is 0 Å². The van der Waals surface area contributed by atoms with Gasteiger partial charge in [0.2, 0.25) is 0 Å². The topological polar surface area (TPSA) is 17.1 Å². The monoisotopic (exact) mass is 202 g/mol. The SMILES string of the molecule is CC(C)(C)S(=O)[CH-]c1ccccc1.[Li+]. The minimum absolute atomic E-state index is 0. The molecule has 1 rings (SSSR count). The fraction of sp³-hybridized carbons (Fsp3) is 0.364. The van der Waals surface area contributed by atoms with Crippen LogP contribution in [0, 0.1) is 5.75 Å². The maximum absolute atomic E-state index is 11.7. The first-order valence-electron chi connectivity index (χ1n) is 4.31. The molecule has 0 fully saturated rings. The average Bonchev–Trinajstić information content (AvgIpc) is 2.04. The number of hydrogen-bond donors (Lipinski definition) is 0. The molecule has 0 spiro atoms. The van der Waals surface area contributed by atoms with E-state index < -0.39 is 10.8 Å². The van der Waals surface area contributed by atoms with E-state index in [9.17, 15) is 4.21 Å². The fourth-order valence-corrected chi connectivity index (χ4v) is 1.59. The van der Waals surface area contributed by atoms with Gasteiger partial charge in [-0.1, -0.05) is 11.8 Å². The van der Waals surface area contributed by atoms with Gasteiger partial charge in [0.25, 0.3) is 0 Å². The molecular formula is C11H15LiOS. The minimum Gasteiger partial charge on any atom is -0.268 e. The summed E-state index contributed by atoms with van der Waals surface area (Å²) in [7, 11) is -0.913. The first-order valence-corrected chi connectivity index (χ1v) is 5.52. The Balaban J connectivity index is 0.00000169. The second-order valence-electron chi connectivity index (χ2n) is 3.94. The van der Waals surface area contributed by atoms with Gasteiger partial charge in [-0.3, -0.25) is 4.21 Å². The van der Waals surface area contributed by atoms with E-state index in [1.165, 1.54) is 0 Å². The van der Waals surface area contributed by atoms with E-state index in [0.717, 1.165) is 5.56 Å². The van der Waals surface area contributed by atoms with Crippen molar-refractivity contribution >= 4 is 10.8 Å². The minimum atomic E-state index is -0.913. The molecule has 1 nitrogen and oxygen atoms in total. The van der Waals surface area contributed by atoms with Crippen LogP contribution in [0.4, 0.5) is 0 Å². The quantitative estimate of drug-likeness (QED) is 0.477. The Morgan fingerprint density at radius 2 is 1.64 bits per heavy atom. The second kappa shape index (κ2) is 5.65. The van der Waals surface area contributed by atoms with Crippen molar-refractivity contribution in [2.75, 3.05) is 0 Å². The van der Waals surface area contributed by atoms with Crippen LogP contribution >= 0.6 is 0 Å². The molecule has 1 aromatic carbocycles. The van der Waals surface area contributed by atoms with E-state index in [1.807, 2.05) is 51.1 Å². The van der Waals surface area contributed by atoms with Gasteiger partial charge in [-0.25, -0.2) is 0 Å². The van der Waals surface area contributed by atoms with Gasteiger partial charge < -0.3 is 0 Å². The molecule has 3 heteroatoms. The predicted octanol–water partition coefficient (Wildman–Crippen LogP) is -0.252. The van der Waals surface area contributed by atoms with Gasteiger partial charge in [0.1, 0.15) is 0 Å². The Bertz CT molecular complexity index is 290. The molecule has 0 heterocycles. The molecule has 1 atom stereocenters. The molecule has 0 aliphatic carbocycles. The summed E-state index contributed by atoms with van der Waals surface area (Å²) in [6.45, 7) is 5.92. The van der Waals surface area contributed by atoms with Crippen LogP contribution in [0.3, 0.4) is 0 Å². The molecule has 0 aliphatic heterocycles. The van der Waals surface area contributed by atoms with Crippen LogP contribution in [-0.4, -0.2) is 8.96 Å². The molecule has 1 aromatic rings. The first kappa shape index (κ1) is 13.8. The van der Waals surface area contributed by atoms with E-state index in [4.69, 9.17) is 0 Å². The maximum atomic E-state index is 11.7. The van der Waals surface area contributed by atoms with Crippen molar-refractivity contribution in [3.05, 3.63) is 41.6 Å². The van der Waals surface area contributed by atoms with Crippen LogP contribution in [0.1, 0.15) is 26.3 Å². The molecule has 14 heavy (non-hydrogen) atoms. The summed E-state index contributed by atoms with van der Waals surface area (Å²) in [6.07, 6.45) is 0. The first-order chi connectivity index (χ1) is 6.00. The van der Waals surface area contributed by atoms with E-state index in [1.54, 1.807) is 5.75 Å². The number of benzene rings is 1. The summed E-state index contributed by atoms with van der Waals surface area (Å²) in [4.78, 5) is 0. The summed E-state index contributed by atoms with van der Waals surface area (Å²) in [5.74, 6) is 1.81. The van der Waals surface area contributed by atoms with Crippen LogP contribution < -0.4 is 18.9 Å². The normalized spacial score (nSPS) is 12.8. The van der Waals surface area contributed by atoms with E-state index in [-0.39, 0.29) is 23.6 Å². The van der Waals surface area contributed by atoms with Crippen LogP contribution in [-0.2, 0) is 10.8 Å². The van der Waals surface area contributed by atoms with E-state index in [0.29, 0.717) is 0 Å². The summed E-state index contributed by atoms with van der Waals surface area (Å²) < 4.78 is 11.5. The third-order valence-electron chi connectivity index (χ3n) is 1.65. The third-order valence-corrected chi connectivity index (χ3v) is 3.34. The molecule has 0 radical (unpaired) electrons. The number of rotatable bonds is 2. The Morgan fingerprint density at radius 3 is 2.07 bits per heavy atom. The van der Waals surface area contributed by atoms with Crippen molar-refractivity contribution in [1.82, 2.24) is 0 Å². The van der Waals surface area contributed by atoms with E-state index in [2.05, 4.69) is 0 Å². The van der Waals surface area contributed by atoms with Crippen molar-refractivity contribution < 1.29 is 23.1 Å². The van der Waals surface area contributed by atoms with E-state index >= 15 is 0 Å². The average molecular weight is 202 g/mol. The van der Waals surface area contributed by atoms with Gasteiger partial charge in [-0.15, -0.1) is 12.1 Å². The zero-order valence-corrected chi connectivity index (χ0v) is 10.1. The van der Waals surface area contributed by atoms with Crippen molar-refractivity contribution in [3.63, 3.8) is 0 Å². The van der Waals surface area contributed by atoms with Gasteiger partial charge in [0.15, 0.2) is 0 Å². The standard InChI is InChI=1S/C11H15OS.Li/c1-11(2,3)13(12)9-10-7-5-4-6-8-10;/h4-9H,1-3H3;/q-1;+1. The van der Waals surface area contributed by atoms with Crippen LogP contribution in [0.5, 0.6) is 0 Å². The van der Waals surface area contributed by atoms with Gasteiger partial charge in [0.05, 0.1) is 0 Å². The maximum Gasteiger partial charge on any atom is 1.00 e. The molecule has 0 aliphatic rings. The smallest absolute Gasteiger partial charge is 0.268 e. The molecule has 0 bridgehead atoms. The number of hydrogen-bond acceptors (Lipinski definition) is 1. The van der Waals surface area contributed by atoms with Crippen LogP contribution in [0.15, 0.2) is 30.3 Å². The molecule has 0 saturated heterocycles. The van der Waals surface area contributed by atoms with Gasteiger partial charge in [-0.2, -0.15) is 17.7 Å². The fourth-order valence-electron chi connectivity index (χ4n) is 0.832. The second-order valence-corrected chi connectivity index (χ2v) is 5.99. The van der Waals surface area contributed by atoms with Gasteiger partial charge >= 0.3 is 18.9 Å². The summed E-state index contributed by atoms with van der Waals surface area (Å²) in [5.41, 5.74) is 1.02. The van der Waals surface area contributed by atoms with Crippen molar-refractivity contribution in [1.29, 1.82) is 0 Å². The van der Waals surface area contributed by atoms with Crippen molar-refractivity contribution in [3.8, 4) is 0 Å². The largest absolute Gasteiger partial charge is 1.00 e. The molecule has 72 valence electrons. The Labute approximate surface area is 101 Å². The third kappa shape index (κ3) is 4.37. The molecule has 0 amide bonds. The summed E-state index contributed by atoms with van der Waals surface area (Å²) >= 11 is 0. The van der Waals surface area contributed by atoms with Crippen molar-refractivity contribution in [2.45, 2.75) is 25.5 Å².